The minimum Gasteiger partial charge on any atom is -0.477 e. The fourth-order valence-electron chi connectivity index (χ4n) is 3.16. The first kappa shape index (κ1) is 18.9. The van der Waals surface area contributed by atoms with Gasteiger partial charge in [-0.2, -0.15) is 0 Å². The molecular weight excluding hydrogens is 398 g/mol. The second-order valence-corrected chi connectivity index (χ2v) is 7.53. The lowest BCUT2D eigenvalue weighted by molar-refractivity contribution is 0.260. The van der Waals surface area contributed by atoms with Crippen LogP contribution in [-0.2, 0) is 4.74 Å². The largest absolute Gasteiger partial charge is 0.477 e. The molecule has 0 amide bonds. The van der Waals surface area contributed by atoms with E-state index in [1.165, 1.54) is 12.4 Å². The van der Waals surface area contributed by atoms with Crippen LogP contribution < -0.4 is 0 Å². The molecule has 1 aromatic heterocycles. The Labute approximate surface area is 172 Å². The first-order valence-corrected chi connectivity index (χ1v) is 9.61. The van der Waals surface area contributed by atoms with Gasteiger partial charge in [0.2, 0.25) is 5.90 Å². The Kier molecular flexibility index (Phi) is 5.33. The highest BCUT2D eigenvalue weighted by molar-refractivity contribution is 6.39. The van der Waals surface area contributed by atoms with E-state index in [2.05, 4.69) is 9.98 Å². The van der Waals surface area contributed by atoms with Gasteiger partial charge in [0.05, 0.1) is 28.8 Å². The fourth-order valence-corrected chi connectivity index (χ4v) is 3.69. The maximum atomic E-state index is 13.8. The van der Waals surface area contributed by atoms with Gasteiger partial charge in [0.1, 0.15) is 5.82 Å². The van der Waals surface area contributed by atoms with Gasteiger partial charge in [-0.3, -0.25) is 9.98 Å². The molecule has 2 aromatic carbocycles. The van der Waals surface area contributed by atoms with Gasteiger partial charge < -0.3 is 4.74 Å². The molecule has 0 bridgehead atoms. The van der Waals surface area contributed by atoms with Gasteiger partial charge in [-0.15, -0.1) is 0 Å². The van der Waals surface area contributed by atoms with Crippen LogP contribution in [0, 0.1) is 12.7 Å². The minimum atomic E-state index is -0.197. The summed E-state index contributed by atoms with van der Waals surface area (Å²) in [6.45, 7) is 2.81. The number of halogens is 3. The summed E-state index contributed by atoms with van der Waals surface area (Å²) in [7, 11) is 0. The van der Waals surface area contributed by atoms with Crippen molar-refractivity contribution in [2.45, 2.75) is 12.8 Å². The van der Waals surface area contributed by atoms with Crippen LogP contribution in [0.15, 0.2) is 59.9 Å². The van der Waals surface area contributed by atoms with Crippen molar-refractivity contribution >= 4 is 29.1 Å². The Hall–Kier alpha value is -2.43. The quantitative estimate of drug-likeness (QED) is 0.521. The van der Waals surface area contributed by atoms with E-state index in [9.17, 15) is 4.39 Å². The number of hydrogen-bond donors (Lipinski definition) is 0. The summed E-state index contributed by atoms with van der Waals surface area (Å²) in [5.74, 6) is 0.380. The average Bonchev–Trinajstić information content (AvgIpc) is 2.71. The molecule has 1 aliphatic rings. The highest BCUT2D eigenvalue weighted by Crippen LogP contribution is 2.29. The number of benzene rings is 2. The summed E-state index contributed by atoms with van der Waals surface area (Å²) in [5.41, 5.74) is 4.16. The molecular formula is C22H17Cl2FN2O. The topological polar surface area (TPSA) is 34.5 Å². The van der Waals surface area contributed by atoms with Gasteiger partial charge in [0.25, 0.3) is 0 Å². The van der Waals surface area contributed by atoms with E-state index in [-0.39, 0.29) is 11.7 Å². The summed E-state index contributed by atoms with van der Waals surface area (Å²) in [6, 6.07) is 13.3. The molecule has 0 saturated heterocycles. The number of pyridine rings is 1. The molecule has 28 heavy (non-hydrogen) atoms. The monoisotopic (exact) mass is 414 g/mol. The summed E-state index contributed by atoms with van der Waals surface area (Å²) in [4.78, 5) is 8.48. The molecule has 1 unspecified atom stereocenters. The molecule has 0 fully saturated rings. The SMILES string of the molecule is Cc1ccc(-c2ccc(C3CN=C(c4c(Cl)cncc4Cl)OC3)cc2)cc1F. The van der Waals surface area contributed by atoms with Crippen LogP contribution in [0.4, 0.5) is 4.39 Å². The minimum absolute atomic E-state index is 0.131. The van der Waals surface area contributed by atoms with Crippen LogP contribution in [0.25, 0.3) is 11.1 Å². The van der Waals surface area contributed by atoms with Crippen molar-refractivity contribution in [1.82, 2.24) is 4.98 Å². The number of aryl methyl sites for hydroxylation is 1. The normalized spacial score (nSPS) is 16.4. The molecule has 0 radical (unpaired) electrons. The van der Waals surface area contributed by atoms with Gasteiger partial charge in [-0.1, -0.05) is 59.6 Å². The van der Waals surface area contributed by atoms with Crippen molar-refractivity contribution in [1.29, 1.82) is 0 Å². The van der Waals surface area contributed by atoms with E-state index in [4.69, 9.17) is 27.9 Å². The zero-order valence-corrected chi connectivity index (χ0v) is 16.6. The smallest absolute Gasteiger partial charge is 0.219 e. The number of rotatable bonds is 3. The second-order valence-electron chi connectivity index (χ2n) is 6.72. The van der Waals surface area contributed by atoms with E-state index in [0.29, 0.717) is 40.2 Å². The van der Waals surface area contributed by atoms with E-state index in [0.717, 1.165) is 16.7 Å². The summed E-state index contributed by atoms with van der Waals surface area (Å²) < 4.78 is 19.7. The predicted molar refractivity (Wildman–Crippen MR) is 111 cm³/mol. The predicted octanol–water partition coefficient (Wildman–Crippen LogP) is 6.06. The maximum Gasteiger partial charge on any atom is 0.219 e. The third-order valence-electron chi connectivity index (χ3n) is 4.83. The molecule has 1 aliphatic heterocycles. The first-order chi connectivity index (χ1) is 13.5. The molecule has 4 rings (SSSR count). The van der Waals surface area contributed by atoms with Crippen LogP contribution in [-0.4, -0.2) is 24.0 Å². The van der Waals surface area contributed by atoms with E-state index >= 15 is 0 Å². The Morgan fingerprint density at radius 1 is 1.00 bits per heavy atom. The molecule has 0 aliphatic carbocycles. The third kappa shape index (κ3) is 3.75. The standard InChI is InChI=1S/C22H17Cl2FN2O/c1-13-2-3-16(8-20(13)25)14-4-6-15(7-5-14)17-9-27-22(28-12-17)21-18(23)10-26-11-19(21)24/h2-8,10-11,17H,9,12H2,1H3. The van der Waals surface area contributed by atoms with Gasteiger partial charge in [0.15, 0.2) is 0 Å². The molecule has 1 atom stereocenters. The molecule has 2 heterocycles. The van der Waals surface area contributed by atoms with Crippen LogP contribution in [0.2, 0.25) is 10.0 Å². The summed E-state index contributed by atoms with van der Waals surface area (Å²) in [6.07, 6.45) is 3.04. The Morgan fingerprint density at radius 3 is 2.29 bits per heavy atom. The highest BCUT2D eigenvalue weighted by atomic mass is 35.5. The summed E-state index contributed by atoms with van der Waals surface area (Å²) >= 11 is 12.4. The number of aromatic nitrogens is 1. The van der Waals surface area contributed by atoms with Gasteiger partial charge in [0, 0.05) is 18.3 Å². The van der Waals surface area contributed by atoms with E-state index in [1.54, 1.807) is 19.1 Å². The second kappa shape index (κ2) is 7.90. The van der Waals surface area contributed by atoms with Crippen LogP contribution in [0.3, 0.4) is 0 Å². The van der Waals surface area contributed by atoms with Crippen LogP contribution in [0.1, 0.15) is 22.6 Å². The molecule has 3 nitrogen and oxygen atoms in total. The molecule has 0 N–H and O–H groups in total. The average molecular weight is 415 g/mol. The zero-order valence-electron chi connectivity index (χ0n) is 15.1. The molecule has 0 spiro atoms. The number of nitrogens with zero attached hydrogens (tertiary/aromatic N) is 2. The molecule has 142 valence electrons. The maximum absolute atomic E-state index is 13.8. The van der Waals surface area contributed by atoms with E-state index in [1.807, 2.05) is 30.3 Å². The van der Waals surface area contributed by atoms with E-state index < -0.39 is 0 Å². The highest BCUT2D eigenvalue weighted by Gasteiger charge is 2.23. The van der Waals surface area contributed by atoms with Gasteiger partial charge in [-0.25, -0.2) is 4.39 Å². The lowest BCUT2D eigenvalue weighted by atomic mass is 9.96. The number of hydrogen-bond acceptors (Lipinski definition) is 3. The molecule has 3 aromatic rings. The third-order valence-corrected chi connectivity index (χ3v) is 5.40. The Balaban J connectivity index is 1.52. The Bertz CT molecular complexity index is 1030. The lowest BCUT2D eigenvalue weighted by Crippen LogP contribution is -2.23. The number of ether oxygens (including phenoxy) is 1. The fraction of sp³-hybridized carbons (Fsp3) is 0.182. The molecule has 6 heteroatoms. The Morgan fingerprint density at radius 2 is 1.68 bits per heavy atom. The van der Waals surface area contributed by atoms with Crippen molar-refractivity contribution in [3.8, 4) is 11.1 Å². The first-order valence-electron chi connectivity index (χ1n) is 8.86. The van der Waals surface area contributed by atoms with Crippen molar-refractivity contribution in [3.05, 3.63) is 87.4 Å². The summed E-state index contributed by atoms with van der Waals surface area (Å²) in [5, 5.41) is 0.832. The van der Waals surface area contributed by atoms with Gasteiger partial charge >= 0.3 is 0 Å². The lowest BCUT2D eigenvalue weighted by Gasteiger charge is -2.23. The van der Waals surface area contributed by atoms with Crippen molar-refractivity contribution in [2.75, 3.05) is 13.2 Å². The molecule has 0 saturated carbocycles. The van der Waals surface area contributed by atoms with Crippen molar-refractivity contribution in [3.63, 3.8) is 0 Å². The van der Waals surface area contributed by atoms with Gasteiger partial charge in [-0.05, 0) is 35.2 Å². The zero-order chi connectivity index (χ0) is 19.7. The van der Waals surface area contributed by atoms with Crippen molar-refractivity contribution < 1.29 is 9.13 Å². The van der Waals surface area contributed by atoms with Crippen LogP contribution in [0.5, 0.6) is 0 Å². The van der Waals surface area contributed by atoms with Crippen molar-refractivity contribution in [2.24, 2.45) is 4.99 Å². The van der Waals surface area contributed by atoms with Crippen LogP contribution >= 0.6 is 23.2 Å². The number of aliphatic imine (C=N–C) groups is 1.